The van der Waals surface area contributed by atoms with E-state index in [2.05, 4.69) is 0 Å². The summed E-state index contributed by atoms with van der Waals surface area (Å²) in [6.45, 7) is -0.777. The summed E-state index contributed by atoms with van der Waals surface area (Å²) in [4.78, 5) is 12.2. The molecule has 1 saturated heterocycles. The molecule has 4 rings (SSSR count). The first-order valence-corrected chi connectivity index (χ1v) is 11.5. The Morgan fingerprint density at radius 1 is 0.971 bits per heavy atom. The van der Waals surface area contributed by atoms with E-state index in [1.807, 2.05) is 0 Å². The second kappa shape index (κ2) is 9.09. The highest BCUT2D eigenvalue weighted by atomic mass is 32.2. The first-order chi connectivity index (χ1) is 16.5. The molecule has 2 heterocycles. The molecule has 3 aromatic rings. The highest BCUT2D eigenvalue weighted by Crippen LogP contribution is 2.41. The average molecular weight is 512 g/mol. The molecule has 13 nitrogen and oxygen atoms in total. The Kier molecular flexibility index (Phi) is 6.46. The zero-order valence-electron chi connectivity index (χ0n) is 17.5. The van der Waals surface area contributed by atoms with Gasteiger partial charge >= 0.3 is 10.1 Å². The number of aliphatic hydroxyl groups is 4. The van der Waals surface area contributed by atoms with E-state index in [0.717, 1.165) is 0 Å². The van der Waals surface area contributed by atoms with E-state index in [0.29, 0.717) is 6.07 Å². The summed E-state index contributed by atoms with van der Waals surface area (Å²) in [5.41, 5.74) is -1.94. The topological polar surface area (TPSA) is 224 Å². The first kappa shape index (κ1) is 24.9. The highest BCUT2D eigenvalue weighted by Gasteiger charge is 2.45. The molecule has 0 amide bonds. The molecule has 2 aromatic carbocycles. The summed E-state index contributed by atoms with van der Waals surface area (Å²) < 4.78 is 49.8. The molecule has 1 aromatic heterocycles. The molecule has 5 atom stereocenters. The van der Waals surface area contributed by atoms with Crippen LogP contribution in [-0.4, -0.2) is 80.9 Å². The van der Waals surface area contributed by atoms with E-state index in [1.54, 1.807) is 6.07 Å². The molecule has 14 heteroatoms. The van der Waals surface area contributed by atoms with E-state index in [4.69, 9.17) is 13.9 Å². The van der Waals surface area contributed by atoms with Gasteiger partial charge in [-0.05, 0) is 0 Å². The Labute approximate surface area is 196 Å². The van der Waals surface area contributed by atoms with E-state index in [-0.39, 0.29) is 5.56 Å². The predicted octanol–water partition coefficient (Wildman–Crippen LogP) is -0.703. The molecule has 0 saturated carbocycles. The van der Waals surface area contributed by atoms with Crippen LogP contribution < -0.4 is 10.2 Å². The van der Waals surface area contributed by atoms with Gasteiger partial charge in [0.2, 0.25) is 17.5 Å². The van der Waals surface area contributed by atoms with Crippen LogP contribution in [0, 0.1) is 0 Å². The molecule has 0 aliphatic carbocycles. The zero-order valence-corrected chi connectivity index (χ0v) is 18.4. The first-order valence-electron chi connectivity index (χ1n) is 10.0. The van der Waals surface area contributed by atoms with Gasteiger partial charge in [0.1, 0.15) is 41.3 Å². The van der Waals surface area contributed by atoms with Gasteiger partial charge in [-0.3, -0.25) is 9.35 Å². The smallest absolute Gasteiger partial charge is 0.302 e. The molecule has 35 heavy (non-hydrogen) atoms. The van der Waals surface area contributed by atoms with E-state index in [9.17, 15) is 48.4 Å². The maximum absolute atomic E-state index is 13.4. The zero-order chi connectivity index (χ0) is 25.7. The number of aromatic hydroxyl groups is 2. The fraction of sp³-hybridized carbons (Fsp3) is 0.286. The van der Waals surface area contributed by atoms with Crippen LogP contribution in [0.25, 0.3) is 22.3 Å². The predicted molar refractivity (Wildman–Crippen MR) is 115 cm³/mol. The molecule has 7 N–H and O–H groups in total. The minimum Gasteiger partial charge on any atom is -0.507 e. The van der Waals surface area contributed by atoms with Crippen LogP contribution in [0.5, 0.6) is 17.2 Å². The summed E-state index contributed by atoms with van der Waals surface area (Å²) >= 11 is 0. The van der Waals surface area contributed by atoms with Gasteiger partial charge < -0.3 is 44.5 Å². The number of hydrogen-bond donors (Lipinski definition) is 7. The molecule has 0 spiro atoms. The van der Waals surface area contributed by atoms with Crippen molar-refractivity contribution in [3.63, 3.8) is 0 Å². The lowest BCUT2D eigenvalue weighted by Gasteiger charge is -2.39. The number of benzene rings is 2. The Hall–Kier alpha value is -3.24. The van der Waals surface area contributed by atoms with Crippen molar-refractivity contribution in [3.05, 3.63) is 46.6 Å². The van der Waals surface area contributed by atoms with Crippen molar-refractivity contribution in [2.75, 3.05) is 6.61 Å². The SMILES string of the molecule is O=c1c(O[C@@H]2OC(CO)[C@@H](O)[C@H](O)C2O)c(-c2ccccc2)oc2c(S(=O)(=O)O)c(O)cc(O)c12. The second-order valence-electron chi connectivity index (χ2n) is 7.69. The van der Waals surface area contributed by atoms with Gasteiger partial charge in [0, 0.05) is 11.6 Å². The van der Waals surface area contributed by atoms with Crippen LogP contribution in [0.1, 0.15) is 0 Å². The normalized spacial score (nSPS) is 25.0. The molecule has 188 valence electrons. The fourth-order valence-electron chi connectivity index (χ4n) is 3.71. The lowest BCUT2D eigenvalue weighted by atomic mass is 9.99. The number of aliphatic hydroxyl groups excluding tert-OH is 4. The molecule has 0 radical (unpaired) electrons. The third kappa shape index (κ3) is 4.32. The number of ether oxygens (including phenoxy) is 2. The van der Waals surface area contributed by atoms with E-state index < -0.39 is 91.7 Å². The number of phenols is 2. The minimum atomic E-state index is -5.15. The van der Waals surface area contributed by atoms with Crippen LogP contribution in [0.2, 0.25) is 0 Å². The Balaban J connectivity index is 2.00. The third-order valence-corrected chi connectivity index (χ3v) is 6.33. The van der Waals surface area contributed by atoms with E-state index >= 15 is 0 Å². The van der Waals surface area contributed by atoms with Crippen LogP contribution in [0.15, 0.2) is 50.5 Å². The van der Waals surface area contributed by atoms with Crippen LogP contribution >= 0.6 is 0 Å². The van der Waals surface area contributed by atoms with Crippen molar-refractivity contribution in [2.45, 2.75) is 35.6 Å². The number of fused-ring (bicyclic) bond motifs is 1. The van der Waals surface area contributed by atoms with Crippen molar-refractivity contribution >= 4 is 21.1 Å². The largest absolute Gasteiger partial charge is 0.507 e. The van der Waals surface area contributed by atoms with Crippen molar-refractivity contribution in [3.8, 4) is 28.6 Å². The summed E-state index contributed by atoms with van der Waals surface area (Å²) in [5, 5.41) is 59.2. The van der Waals surface area contributed by atoms with Crippen molar-refractivity contribution in [2.24, 2.45) is 0 Å². The summed E-state index contributed by atoms with van der Waals surface area (Å²) in [5.74, 6) is -3.18. The molecule has 1 aliphatic rings. The number of hydrogen-bond acceptors (Lipinski definition) is 12. The third-order valence-electron chi connectivity index (χ3n) is 5.42. The summed E-state index contributed by atoms with van der Waals surface area (Å²) in [6, 6.07) is 8.03. The molecule has 2 unspecified atom stereocenters. The fourth-order valence-corrected chi connectivity index (χ4v) is 4.41. The van der Waals surface area contributed by atoms with Gasteiger partial charge in [-0.25, -0.2) is 0 Å². The maximum Gasteiger partial charge on any atom is 0.302 e. The molecule has 1 aliphatic heterocycles. The van der Waals surface area contributed by atoms with Gasteiger partial charge in [0.05, 0.1) is 6.61 Å². The average Bonchev–Trinajstić information content (AvgIpc) is 2.80. The van der Waals surface area contributed by atoms with Crippen molar-refractivity contribution in [1.29, 1.82) is 0 Å². The maximum atomic E-state index is 13.4. The summed E-state index contributed by atoms with van der Waals surface area (Å²) in [6.07, 6.45) is -8.65. The molecule has 1 fully saturated rings. The van der Waals surface area contributed by atoms with E-state index in [1.165, 1.54) is 24.3 Å². The van der Waals surface area contributed by atoms with Gasteiger partial charge in [-0.2, -0.15) is 8.42 Å². The number of rotatable bonds is 5. The van der Waals surface area contributed by atoms with Crippen molar-refractivity contribution < 1.29 is 57.5 Å². The monoisotopic (exact) mass is 512 g/mol. The van der Waals surface area contributed by atoms with Crippen LogP contribution in [0.3, 0.4) is 0 Å². The minimum absolute atomic E-state index is 0.134. The second-order valence-corrected chi connectivity index (χ2v) is 9.05. The Morgan fingerprint density at radius 3 is 2.23 bits per heavy atom. The van der Waals surface area contributed by atoms with Crippen molar-refractivity contribution in [1.82, 2.24) is 0 Å². The summed E-state index contributed by atoms with van der Waals surface area (Å²) in [7, 11) is -5.15. The lowest BCUT2D eigenvalue weighted by Crippen LogP contribution is -2.60. The standard InChI is InChI=1S/C21H20O13S/c22-7-11-13(25)15(27)16(28)21(32-11)34-19-14(26)12-9(23)6-10(24)20(35(29,30)31)18(12)33-17(19)8-4-2-1-3-5-8/h1-6,11,13,15-16,21-25,27-28H,7H2,(H,29,30,31)/t11?,13-,15+,16?,21+/m1/s1. The molecular formula is C21H20O13S. The van der Waals surface area contributed by atoms with Gasteiger partial charge in [-0.15, -0.1) is 0 Å². The molecule has 0 bridgehead atoms. The van der Waals surface area contributed by atoms with Gasteiger partial charge in [-0.1, -0.05) is 30.3 Å². The highest BCUT2D eigenvalue weighted by molar-refractivity contribution is 7.86. The Bertz CT molecular complexity index is 1410. The quantitative estimate of drug-likeness (QED) is 0.210. The van der Waals surface area contributed by atoms with Crippen LogP contribution in [0.4, 0.5) is 0 Å². The lowest BCUT2D eigenvalue weighted by molar-refractivity contribution is -0.277. The molecular weight excluding hydrogens is 492 g/mol. The van der Waals surface area contributed by atoms with Gasteiger partial charge in [0.25, 0.3) is 0 Å². The van der Waals surface area contributed by atoms with Crippen LogP contribution in [-0.2, 0) is 14.9 Å². The number of phenolic OH excluding ortho intramolecular Hbond substituents is 2. The van der Waals surface area contributed by atoms with Gasteiger partial charge in [0.15, 0.2) is 16.2 Å². The Morgan fingerprint density at radius 2 is 1.63 bits per heavy atom.